The molecule has 176 valence electrons. The molecule has 0 saturated carbocycles. The quantitative estimate of drug-likeness (QED) is 0.635. The molecule has 3 heterocycles. The van der Waals surface area contributed by atoms with E-state index in [0.717, 1.165) is 19.4 Å². The van der Waals surface area contributed by atoms with Crippen LogP contribution in [-0.4, -0.2) is 55.0 Å². The van der Waals surface area contributed by atoms with E-state index in [1.807, 2.05) is 21.9 Å². The number of hydrogen-bond donors (Lipinski definition) is 1. The number of nitriles is 1. The van der Waals surface area contributed by atoms with Gasteiger partial charge in [-0.15, -0.1) is 0 Å². The van der Waals surface area contributed by atoms with E-state index < -0.39 is 5.82 Å². The number of nitrogens with zero attached hydrogens (tertiary/aromatic N) is 5. The van der Waals surface area contributed by atoms with Crippen molar-refractivity contribution >= 4 is 22.5 Å². The van der Waals surface area contributed by atoms with Crippen LogP contribution < -0.4 is 21.1 Å². The van der Waals surface area contributed by atoms with Crippen LogP contribution in [0.15, 0.2) is 41.2 Å². The number of hydrogen-bond acceptors (Lipinski definition) is 7. The molecule has 2 aromatic carbocycles. The molecule has 9 heteroatoms. The summed E-state index contributed by atoms with van der Waals surface area (Å²) in [5, 5.41) is 9.75. The number of halogens is 1. The van der Waals surface area contributed by atoms with Crippen LogP contribution in [0.25, 0.3) is 10.9 Å². The van der Waals surface area contributed by atoms with E-state index in [-0.39, 0.29) is 23.5 Å². The van der Waals surface area contributed by atoms with Crippen LogP contribution in [0.4, 0.5) is 16.0 Å². The molecule has 2 aliphatic rings. The molecule has 2 fully saturated rings. The van der Waals surface area contributed by atoms with Gasteiger partial charge in [0, 0.05) is 32.2 Å². The van der Waals surface area contributed by atoms with E-state index in [4.69, 9.17) is 15.5 Å². The van der Waals surface area contributed by atoms with Gasteiger partial charge in [0.15, 0.2) is 0 Å². The predicted molar refractivity (Wildman–Crippen MR) is 129 cm³/mol. The first-order valence-electron chi connectivity index (χ1n) is 11.6. The summed E-state index contributed by atoms with van der Waals surface area (Å²) in [6.45, 7) is 3.69. The van der Waals surface area contributed by atoms with Crippen molar-refractivity contribution in [2.45, 2.75) is 25.4 Å². The van der Waals surface area contributed by atoms with E-state index in [1.54, 1.807) is 22.8 Å². The summed E-state index contributed by atoms with van der Waals surface area (Å²) < 4.78 is 22.1. The number of piperidine rings is 1. The highest BCUT2D eigenvalue weighted by atomic mass is 19.1. The molecule has 0 aliphatic carbocycles. The maximum atomic E-state index is 15.1. The summed E-state index contributed by atoms with van der Waals surface area (Å²) in [4.78, 5) is 22.5. The monoisotopic (exact) mass is 462 g/mol. The van der Waals surface area contributed by atoms with Gasteiger partial charge in [0.25, 0.3) is 5.56 Å². The highest BCUT2D eigenvalue weighted by molar-refractivity contribution is 5.83. The summed E-state index contributed by atoms with van der Waals surface area (Å²) >= 11 is 0. The molecule has 0 radical (unpaired) electrons. The van der Waals surface area contributed by atoms with Gasteiger partial charge in [0.1, 0.15) is 5.82 Å². The Morgan fingerprint density at radius 2 is 1.97 bits per heavy atom. The van der Waals surface area contributed by atoms with E-state index in [2.05, 4.69) is 6.07 Å². The standard InChI is InChI=1S/C25H27FN6O2/c26-21-12-20-22(13-23(21)30-8-10-34-11-9-30)29-25(31-7-3-6-19(28)16-31)32(24(20)33)15-18-5-2-1-4-17(18)14-27/h1-2,4-5,12-13,19H,3,6-11,15-16,28H2/t19-/m0/s1. The molecule has 8 nitrogen and oxygen atoms in total. The number of ether oxygens (including phenoxy) is 1. The zero-order chi connectivity index (χ0) is 23.7. The molecule has 1 aromatic heterocycles. The molecule has 3 aromatic rings. The molecular weight excluding hydrogens is 435 g/mol. The Balaban J connectivity index is 1.67. The van der Waals surface area contributed by atoms with Gasteiger partial charge < -0.3 is 20.3 Å². The highest BCUT2D eigenvalue weighted by Gasteiger charge is 2.25. The Bertz CT molecular complexity index is 1310. The van der Waals surface area contributed by atoms with Gasteiger partial charge in [-0.2, -0.15) is 5.26 Å². The first-order valence-corrected chi connectivity index (χ1v) is 11.6. The number of fused-ring (bicyclic) bond motifs is 1. The largest absolute Gasteiger partial charge is 0.378 e. The van der Waals surface area contributed by atoms with Crippen LogP contribution in [0.2, 0.25) is 0 Å². The molecule has 0 bridgehead atoms. The summed E-state index contributed by atoms with van der Waals surface area (Å²) in [5.74, 6) is 0.0462. The van der Waals surface area contributed by atoms with Gasteiger partial charge in [-0.3, -0.25) is 9.36 Å². The van der Waals surface area contributed by atoms with Crippen molar-refractivity contribution in [1.29, 1.82) is 5.26 Å². The average molecular weight is 463 g/mol. The molecule has 1 atom stereocenters. The molecule has 0 amide bonds. The third kappa shape index (κ3) is 4.22. The summed E-state index contributed by atoms with van der Waals surface area (Å²) in [7, 11) is 0. The Labute approximate surface area is 197 Å². The normalized spacial score (nSPS) is 18.8. The smallest absolute Gasteiger partial charge is 0.263 e. The lowest BCUT2D eigenvalue weighted by molar-refractivity contribution is 0.122. The minimum atomic E-state index is -0.454. The third-order valence-electron chi connectivity index (χ3n) is 6.56. The van der Waals surface area contributed by atoms with Crippen LogP contribution in [0.5, 0.6) is 0 Å². The van der Waals surface area contributed by atoms with Crippen molar-refractivity contribution in [2.75, 3.05) is 49.2 Å². The first kappa shape index (κ1) is 22.3. The number of anilines is 2. The average Bonchev–Trinajstić information content (AvgIpc) is 2.86. The summed E-state index contributed by atoms with van der Waals surface area (Å²) in [5.41, 5.74) is 7.98. The second-order valence-electron chi connectivity index (χ2n) is 8.84. The third-order valence-corrected chi connectivity index (χ3v) is 6.56. The summed E-state index contributed by atoms with van der Waals surface area (Å²) in [6, 6.07) is 12.3. The fourth-order valence-corrected chi connectivity index (χ4v) is 4.78. The second kappa shape index (κ2) is 9.41. The van der Waals surface area contributed by atoms with E-state index in [0.29, 0.717) is 61.1 Å². The van der Waals surface area contributed by atoms with Gasteiger partial charge in [0.2, 0.25) is 5.95 Å². The van der Waals surface area contributed by atoms with Crippen LogP contribution in [0.3, 0.4) is 0 Å². The first-order chi connectivity index (χ1) is 16.5. The van der Waals surface area contributed by atoms with Gasteiger partial charge in [-0.1, -0.05) is 18.2 Å². The lowest BCUT2D eigenvalue weighted by atomic mass is 10.1. The molecule has 2 saturated heterocycles. The minimum absolute atomic E-state index is 0.0154. The molecule has 2 N–H and O–H groups in total. The minimum Gasteiger partial charge on any atom is -0.378 e. The number of nitrogens with two attached hydrogens (primary N) is 1. The Morgan fingerprint density at radius 1 is 1.18 bits per heavy atom. The van der Waals surface area contributed by atoms with Crippen molar-refractivity contribution < 1.29 is 9.13 Å². The van der Waals surface area contributed by atoms with E-state index in [1.165, 1.54) is 6.07 Å². The highest BCUT2D eigenvalue weighted by Crippen LogP contribution is 2.27. The van der Waals surface area contributed by atoms with Gasteiger partial charge >= 0.3 is 0 Å². The summed E-state index contributed by atoms with van der Waals surface area (Å²) in [6.07, 6.45) is 1.81. The number of aromatic nitrogens is 2. The maximum absolute atomic E-state index is 15.1. The van der Waals surface area contributed by atoms with Crippen molar-refractivity contribution in [1.82, 2.24) is 9.55 Å². The number of rotatable bonds is 4. The zero-order valence-electron chi connectivity index (χ0n) is 18.9. The molecular formula is C25H27FN6O2. The zero-order valence-corrected chi connectivity index (χ0v) is 18.9. The topological polar surface area (TPSA) is 100 Å². The van der Waals surface area contributed by atoms with Crippen LogP contribution in [0, 0.1) is 17.1 Å². The maximum Gasteiger partial charge on any atom is 0.263 e. The van der Waals surface area contributed by atoms with Gasteiger partial charge in [0.05, 0.1) is 48.0 Å². The lowest BCUT2D eigenvalue weighted by Crippen LogP contribution is -2.45. The SMILES string of the molecule is N#Cc1ccccc1Cn1c(N2CCC[C@H](N)C2)nc2cc(N3CCOCC3)c(F)cc2c1=O. The van der Waals surface area contributed by atoms with Crippen molar-refractivity contribution in [2.24, 2.45) is 5.73 Å². The molecule has 5 rings (SSSR count). The fourth-order valence-electron chi connectivity index (χ4n) is 4.78. The van der Waals surface area contributed by atoms with Crippen LogP contribution in [0.1, 0.15) is 24.0 Å². The Hall–Kier alpha value is -3.48. The molecule has 34 heavy (non-hydrogen) atoms. The van der Waals surface area contributed by atoms with Gasteiger partial charge in [-0.25, -0.2) is 9.37 Å². The number of morpholine rings is 1. The van der Waals surface area contributed by atoms with Gasteiger partial charge in [-0.05, 0) is 36.6 Å². The fraction of sp³-hybridized carbons (Fsp3) is 0.400. The Morgan fingerprint density at radius 3 is 2.74 bits per heavy atom. The predicted octanol–water partition coefficient (Wildman–Crippen LogP) is 2.22. The van der Waals surface area contributed by atoms with Crippen molar-refractivity contribution in [3.63, 3.8) is 0 Å². The number of benzene rings is 2. The van der Waals surface area contributed by atoms with Crippen molar-refractivity contribution in [3.8, 4) is 6.07 Å². The van der Waals surface area contributed by atoms with Crippen LogP contribution in [-0.2, 0) is 11.3 Å². The Kier molecular flexibility index (Phi) is 6.18. The van der Waals surface area contributed by atoms with Crippen LogP contribution >= 0.6 is 0 Å². The molecule has 0 unspecified atom stereocenters. The molecule has 0 spiro atoms. The second-order valence-corrected chi connectivity index (χ2v) is 8.84. The molecule has 2 aliphatic heterocycles. The van der Waals surface area contributed by atoms with Crippen molar-refractivity contribution in [3.05, 3.63) is 63.7 Å². The van der Waals surface area contributed by atoms with E-state index >= 15 is 4.39 Å². The lowest BCUT2D eigenvalue weighted by Gasteiger charge is -2.33. The van der Waals surface area contributed by atoms with E-state index in [9.17, 15) is 10.1 Å².